The molecule has 2 aromatic rings. The van der Waals surface area contributed by atoms with Gasteiger partial charge in [0.2, 0.25) is 0 Å². The first-order valence-corrected chi connectivity index (χ1v) is 5.34. The molecule has 1 aromatic carbocycles. The predicted molar refractivity (Wildman–Crippen MR) is 64.8 cm³/mol. The lowest BCUT2D eigenvalue weighted by atomic mass is 10.2. The molecule has 5 nitrogen and oxygen atoms in total. The summed E-state index contributed by atoms with van der Waals surface area (Å²) in [6.45, 7) is 0. The molecule has 0 saturated carbocycles. The van der Waals surface area contributed by atoms with Gasteiger partial charge in [-0.05, 0) is 24.3 Å². The van der Waals surface area contributed by atoms with Crippen LogP contribution in [0.25, 0.3) is 0 Å². The molecule has 0 atom stereocenters. The van der Waals surface area contributed by atoms with Crippen molar-refractivity contribution in [1.82, 2.24) is 0 Å². The van der Waals surface area contributed by atoms with Crippen LogP contribution in [0, 0.1) is 5.82 Å². The van der Waals surface area contributed by atoms with E-state index < -0.39 is 17.7 Å². The van der Waals surface area contributed by atoms with Crippen molar-refractivity contribution in [3.63, 3.8) is 0 Å². The van der Waals surface area contributed by atoms with Gasteiger partial charge in [0.25, 0.3) is 5.91 Å². The van der Waals surface area contributed by atoms with Crippen LogP contribution >= 0.6 is 0 Å². The number of carboxylic acids is 1. The zero-order valence-electron chi connectivity index (χ0n) is 9.96. The fourth-order valence-corrected chi connectivity index (χ4v) is 1.51. The summed E-state index contributed by atoms with van der Waals surface area (Å²) < 4.78 is 17.7. The molecule has 0 saturated heterocycles. The number of nitrogens with zero attached hydrogens (tertiary/aromatic N) is 1. The molecule has 0 aliphatic heterocycles. The van der Waals surface area contributed by atoms with Gasteiger partial charge < -0.3 is 14.4 Å². The van der Waals surface area contributed by atoms with E-state index in [1.807, 2.05) is 0 Å². The second-order valence-corrected chi connectivity index (χ2v) is 3.85. The SMILES string of the molecule is CN(C(=O)c1cc(C(=O)O)co1)c1ccc(F)cc1. The van der Waals surface area contributed by atoms with Crippen LogP contribution in [0.5, 0.6) is 0 Å². The lowest BCUT2D eigenvalue weighted by Crippen LogP contribution is -2.25. The first-order chi connectivity index (χ1) is 8.99. The van der Waals surface area contributed by atoms with E-state index in [-0.39, 0.29) is 11.3 Å². The summed E-state index contributed by atoms with van der Waals surface area (Å²) in [5, 5.41) is 8.74. The molecular weight excluding hydrogens is 253 g/mol. The largest absolute Gasteiger partial charge is 0.478 e. The molecule has 6 heteroatoms. The topological polar surface area (TPSA) is 70.8 Å². The Hall–Kier alpha value is -2.63. The number of rotatable bonds is 3. The second kappa shape index (κ2) is 4.93. The minimum atomic E-state index is -1.17. The van der Waals surface area contributed by atoms with Crippen molar-refractivity contribution in [1.29, 1.82) is 0 Å². The molecular formula is C13H10FNO4. The zero-order chi connectivity index (χ0) is 14.0. The Bertz CT molecular complexity index is 618. The van der Waals surface area contributed by atoms with Crippen LogP contribution in [0.3, 0.4) is 0 Å². The Morgan fingerprint density at radius 3 is 2.42 bits per heavy atom. The van der Waals surface area contributed by atoms with Crippen molar-refractivity contribution in [2.45, 2.75) is 0 Å². The Balaban J connectivity index is 2.22. The molecule has 1 amide bonds. The highest BCUT2D eigenvalue weighted by Crippen LogP contribution is 2.17. The molecule has 19 heavy (non-hydrogen) atoms. The summed E-state index contributed by atoms with van der Waals surface area (Å²) in [6.07, 6.45) is 0.994. The fourth-order valence-electron chi connectivity index (χ4n) is 1.51. The lowest BCUT2D eigenvalue weighted by Gasteiger charge is -2.15. The smallest absolute Gasteiger partial charge is 0.338 e. The maximum Gasteiger partial charge on any atom is 0.338 e. The third-order valence-corrected chi connectivity index (χ3v) is 2.58. The summed E-state index contributed by atoms with van der Waals surface area (Å²) in [5.41, 5.74) is 0.371. The minimum absolute atomic E-state index is 0.0933. The Labute approximate surface area is 107 Å². The Kier molecular flexibility index (Phi) is 3.33. The van der Waals surface area contributed by atoms with Crippen molar-refractivity contribution in [2.75, 3.05) is 11.9 Å². The highest BCUT2D eigenvalue weighted by molar-refractivity contribution is 6.05. The number of hydrogen-bond acceptors (Lipinski definition) is 3. The van der Waals surface area contributed by atoms with Gasteiger partial charge in [-0.3, -0.25) is 4.79 Å². The molecule has 0 aliphatic rings. The van der Waals surface area contributed by atoms with Gasteiger partial charge in [-0.2, -0.15) is 0 Å². The van der Waals surface area contributed by atoms with Gasteiger partial charge in [0.1, 0.15) is 12.1 Å². The second-order valence-electron chi connectivity index (χ2n) is 3.85. The number of benzene rings is 1. The number of carbonyl (C=O) groups excluding carboxylic acids is 1. The van der Waals surface area contributed by atoms with Crippen LogP contribution in [-0.4, -0.2) is 24.0 Å². The van der Waals surface area contributed by atoms with E-state index in [0.717, 1.165) is 12.3 Å². The third-order valence-electron chi connectivity index (χ3n) is 2.58. The zero-order valence-corrected chi connectivity index (χ0v) is 9.96. The van der Waals surface area contributed by atoms with E-state index in [0.29, 0.717) is 5.69 Å². The van der Waals surface area contributed by atoms with Gasteiger partial charge in [-0.25, -0.2) is 9.18 Å². The first kappa shape index (κ1) is 12.8. The number of halogens is 1. The van der Waals surface area contributed by atoms with Gasteiger partial charge in [0.05, 0.1) is 5.56 Å². The first-order valence-electron chi connectivity index (χ1n) is 5.34. The highest BCUT2D eigenvalue weighted by atomic mass is 19.1. The van der Waals surface area contributed by atoms with E-state index in [1.54, 1.807) is 0 Å². The Morgan fingerprint density at radius 2 is 1.89 bits per heavy atom. The third kappa shape index (κ3) is 2.62. The van der Waals surface area contributed by atoms with E-state index in [9.17, 15) is 14.0 Å². The summed E-state index contributed by atoms with van der Waals surface area (Å²) in [6, 6.07) is 6.47. The molecule has 2 rings (SSSR count). The molecule has 0 aliphatic carbocycles. The molecule has 0 unspecified atom stereocenters. The van der Waals surface area contributed by atoms with E-state index in [4.69, 9.17) is 9.52 Å². The normalized spacial score (nSPS) is 10.2. The van der Waals surface area contributed by atoms with Crippen LogP contribution in [0.2, 0.25) is 0 Å². The van der Waals surface area contributed by atoms with Gasteiger partial charge in [-0.1, -0.05) is 0 Å². The van der Waals surface area contributed by atoms with E-state index >= 15 is 0 Å². The number of aromatic carboxylic acids is 1. The molecule has 0 radical (unpaired) electrons. The van der Waals surface area contributed by atoms with Crippen molar-refractivity contribution < 1.29 is 23.5 Å². The number of anilines is 1. The van der Waals surface area contributed by atoms with E-state index in [1.165, 1.54) is 36.2 Å². The lowest BCUT2D eigenvalue weighted by molar-refractivity contribution is 0.0696. The number of carbonyl (C=O) groups is 2. The summed E-state index contributed by atoms with van der Waals surface area (Å²) in [7, 11) is 1.48. The highest BCUT2D eigenvalue weighted by Gasteiger charge is 2.19. The quantitative estimate of drug-likeness (QED) is 0.923. The van der Waals surface area contributed by atoms with Gasteiger partial charge in [0.15, 0.2) is 5.76 Å². The maximum atomic E-state index is 12.8. The number of carboxylic acid groups (broad SMARTS) is 1. The monoisotopic (exact) mass is 263 g/mol. The van der Waals surface area contributed by atoms with Gasteiger partial charge in [0, 0.05) is 18.8 Å². The molecule has 1 heterocycles. The van der Waals surface area contributed by atoms with Crippen molar-refractivity contribution in [3.05, 3.63) is 53.7 Å². The molecule has 1 N–H and O–H groups in total. The summed E-state index contributed by atoms with van der Waals surface area (Å²) >= 11 is 0. The van der Waals surface area contributed by atoms with Crippen LogP contribution in [-0.2, 0) is 0 Å². The Morgan fingerprint density at radius 1 is 1.26 bits per heavy atom. The van der Waals surface area contributed by atoms with Crippen LogP contribution in [0.1, 0.15) is 20.9 Å². The number of furan rings is 1. The number of amides is 1. The van der Waals surface area contributed by atoms with Crippen LogP contribution in [0.4, 0.5) is 10.1 Å². The molecule has 0 spiro atoms. The van der Waals surface area contributed by atoms with Crippen molar-refractivity contribution in [3.8, 4) is 0 Å². The summed E-state index contributed by atoms with van der Waals surface area (Å²) in [4.78, 5) is 23.9. The van der Waals surface area contributed by atoms with Gasteiger partial charge in [-0.15, -0.1) is 0 Å². The van der Waals surface area contributed by atoms with Crippen molar-refractivity contribution in [2.24, 2.45) is 0 Å². The fraction of sp³-hybridized carbons (Fsp3) is 0.0769. The molecule has 0 fully saturated rings. The molecule has 1 aromatic heterocycles. The van der Waals surface area contributed by atoms with Gasteiger partial charge >= 0.3 is 5.97 Å². The number of hydrogen-bond donors (Lipinski definition) is 1. The minimum Gasteiger partial charge on any atom is -0.478 e. The molecule has 0 bridgehead atoms. The standard InChI is InChI=1S/C13H10FNO4/c1-15(10-4-2-9(14)3-5-10)12(16)11-6-8(7-19-11)13(17)18/h2-7H,1H3,(H,17,18). The average Bonchev–Trinajstić information content (AvgIpc) is 2.87. The summed E-state index contributed by atoms with van der Waals surface area (Å²) in [5.74, 6) is -2.19. The van der Waals surface area contributed by atoms with Crippen LogP contribution in [0.15, 0.2) is 41.0 Å². The van der Waals surface area contributed by atoms with E-state index in [2.05, 4.69) is 0 Å². The predicted octanol–water partition coefficient (Wildman–Crippen LogP) is 2.39. The van der Waals surface area contributed by atoms with Crippen molar-refractivity contribution >= 4 is 17.6 Å². The van der Waals surface area contributed by atoms with Crippen LogP contribution < -0.4 is 4.90 Å². The average molecular weight is 263 g/mol. The maximum absolute atomic E-state index is 12.8. The molecule has 98 valence electrons.